The summed E-state index contributed by atoms with van der Waals surface area (Å²) >= 11 is 1.18. The summed E-state index contributed by atoms with van der Waals surface area (Å²) < 4.78 is 17.9. The van der Waals surface area contributed by atoms with Crippen LogP contribution in [0, 0.1) is 5.82 Å². The lowest BCUT2D eigenvalue weighted by molar-refractivity contribution is 0.645. The lowest BCUT2D eigenvalue weighted by Gasteiger charge is -2.00. The summed E-state index contributed by atoms with van der Waals surface area (Å²) in [5, 5.41) is 3.64. The van der Waals surface area contributed by atoms with E-state index in [1.807, 2.05) is 6.07 Å². The third-order valence-corrected chi connectivity index (χ3v) is 2.54. The maximum absolute atomic E-state index is 13.4. The zero-order chi connectivity index (χ0) is 8.55. The molecule has 2 aromatic rings. The minimum atomic E-state index is -0.211. The first-order chi connectivity index (χ1) is 5.83. The number of aromatic nitrogens is 1. The Kier molecular flexibility index (Phi) is 1.69. The van der Waals surface area contributed by atoms with Gasteiger partial charge in [0.05, 0.1) is 10.4 Å². The molecule has 0 bridgehead atoms. The first-order valence-electron chi connectivity index (χ1n) is 3.53. The van der Waals surface area contributed by atoms with Crippen LogP contribution in [0.1, 0.15) is 0 Å². The Morgan fingerprint density at radius 2 is 2.33 bits per heavy atom. The Labute approximate surface area is 73.2 Å². The standard InChI is InChI=1S/C8H7FN2S/c1-10-6-3-2-5-4-11-12-8(5)7(6)9/h2-4,10H,1H3. The van der Waals surface area contributed by atoms with Gasteiger partial charge in [0.1, 0.15) is 0 Å². The number of hydrogen-bond donors (Lipinski definition) is 1. The number of nitrogens with one attached hydrogen (secondary N) is 1. The highest BCUT2D eigenvalue weighted by Gasteiger charge is 2.06. The SMILES string of the molecule is CNc1ccc2cnsc2c1F. The molecule has 0 spiro atoms. The molecule has 12 heavy (non-hydrogen) atoms. The molecule has 0 saturated heterocycles. The van der Waals surface area contributed by atoms with E-state index >= 15 is 0 Å². The van der Waals surface area contributed by atoms with Crippen molar-refractivity contribution in [1.29, 1.82) is 0 Å². The van der Waals surface area contributed by atoms with Crippen molar-refractivity contribution >= 4 is 27.3 Å². The number of halogens is 1. The summed E-state index contributed by atoms with van der Waals surface area (Å²) in [6.45, 7) is 0. The van der Waals surface area contributed by atoms with Crippen LogP contribution in [0.5, 0.6) is 0 Å². The van der Waals surface area contributed by atoms with E-state index in [2.05, 4.69) is 9.69 Å². The molecule has 0 saturated carbocycles. The number of rotatable bonds is 1. The number of benzene rings is 1. The molecule has 0 atom stereocenters. The van der Waals surface area contributed by atoms with Gasteiger partial charge in [0.25, 0.3) is 0 Å². The molecule has 0 unspecified atom stereocenters. The van der Waals surface area contributed by atoms with Crippen LogP contribution in [0.2, 0.25) is 0 Å². The van der Waals surface area contributed by atoms with Gasteiger partial charge in [-0.15, -0.1) is 0 Å². The molecule has 0 radical (unpaired) electrons. The summed E-state index contributed by atoms with van der Waals surface area (Å²) in [6, 6.07) is 3.57. The van der Waals surface area contributed by atoms with Crippen molar-refractivity contribution < 1.29 is 4.39 Å². The molecular formula is C8H7FN2S. The Bertz CT molecular complexity index is 410. The smallest absolute Gasteiger partial charge is 0.165 e. The van der Waals surface area contributed by atoms with Crippen LogP contribution >= 0.6 is 11.5 Å². The van der Waals surface area contributed by atoms with Gasteiger partial charge in [-0.25, -0.2) is 4.39 Å². The van der Waals surface area contributed by atoms with Gasteiger partial charge in [0.15, 0.2) is 5.82 Å². The molecule has 1 aromatic carbocycles. The van der Waals surface area contributed by atoms with Crippen LogP contribution in [-0.2, 0) is 0 Å². The molecule has 62 valence electrons. The summed E-state index contributed by atoms with van der Waals surface area (Å²) in [7, 11) is 1.70. The van der Waals surface area contributed by atoms with E-state index in [4.69, 9.17) is 0 Å². The highest BCUT2D eigenvalue weighted by atomic mass is 32.1. The molecule has 0 aliphatic rings. The predicted molar refractivity (Wildman–Crippen MR) is 49.1 cm³/mol. The molecule has 1 N–H and O–H groups in total. The highest BCUT2D eigenvalue weighted by Crippen LogP contribution is 2.26. The van der Waals surface area contributed by atoms with E-state index in [1.54, 1.807) is 19.3 Å². The van der Waals surface area contributed by atoms with Gasteiger partial charge >= 0.3 is 0 Å². The lowest BCUT2D eigenvalue weighted by Crippen LogP contribution is -1.91. The van der Waals surface area contributed by atoms with Crippen molar-refractivity contribution in [1.82, 2.24) is 4.37 Å². The van der Waals surface area contributed by atoms with Crippen molar-refractivity contribution in [3.63, 3.8) is 0 Å². The van der Waals surface area contributed by atoms with Crippen molar-refractivity contribution in [3.8, 4) is 0 Å². The number of nitrogens with zero attached hydrogens (tertiary/aromatic N) is 1. The maximum atomic E-state index is 13.4. The minimum Gasteiger partial charge on any atom is -0.386 e. The van der Waals surface area contributed by atoms with Crippen molar-refractivity contribution in [2.75, 3.05) is 12.4 Å². The molecule has 1 heterocycles. The molecule has 1 aromatic heterocycles. The van der Waals surface area contributed by atoms with Gasteiger partial charge in [-0.2, -0.15) is 4.37 Å². The molecule has 0 amide bonds. The second-order valence-corrected chi connectivity index (χ2v) is 3.22. The van der Waals surface area contributed by atoms with Crippen molar-refractivity contribution in [2.24, 2.45) is 0 Å². The van der Waals surface area contributed by atoms with Gasteiger partial charge < -0.3 is 5.32 Å². The molecule has 2 rings (SSSR count). The van der Waals surface area contributed by atoms with Gasteiger partial charge in [0, 0.05) is 18.6 Å². The van der Waals surface area contributed by atoms with Crippen LogP contribution < -0.4 is 5.32 Å². The Balaban J connectivity index is 2.78. The van der Waals surface area contributed by atoms with Crippen molar-refractivity contribution in [2.45, 2.75) is 0 Å². The van der Waals surface area contributed by atoms with E-state index in [1.165, 1.54) is 11.5 Å². The van der Waals surface area contributed by atoms with Gasteiger partial charge in [-0.05, 0) is 23.7 Å². The second kappa shape index (κ2) is 2.71. The molecule has 4 heteroatoms. The van der Waals surface area contributed by atoms with Crippen LogP contribution in [-0.4, -0.2) is 11.4 Å². The van der Waals surface area contributed by atoms with E-state index in [-0.39, 0.29) is 5.82 Å². The van der Waals surface area contributed by atoms with Crippen LogP contribution in [0.25, 0.3) is 10.1 Å². The largest absolute Gasteiger partial charge is 0.386 e. The zero-order valence-corrected chi connectivity index (χ0v) is 7.28. The van der Waals surface area contributed by atoms with Gasteiger partial charge in [-0.1, -0.05) is 0 Å². The predicted octanol–water partition coefficient (Wildman–Crippen LogP) is 2.48. The number of fused-ring (bicyclic) bond motifs is 1. The molecule has 0 aliphatic carbocycles. The molecule has 2 nitrogen and oxygen atoms in total. The van der Waals surface area contributed by atoms with Crippen LogP contribution in [0.15, 0.2) is 18.3 Å². The molecule has 0 fully saturated rings. The van der Waals surface area contributed by atoms with Crippen LogP contribution in [0.3, 0.4) is 0 Å². The fraction of sp³-hybridized carbons (Fsp3) is 0.125. The third kappa shape index (κ3) is 0.956. The maximum Gasteiger partial charge on any atom is 0.165 e. The zero-order valence-electron chi connectivity index (χ0n) is 6.47. The van der Waals surface area contributed by atoms with Gasteiger partial charge in [0.2, 0.25) is 0 Å². The fourth-order valence-corrected chi connectivity index (χ4v) is 1.78. The first kappa shape index (κ1) is 7.49. The highest BCUT2D eigenvalue weighted by molar-refractivity contribution is 7.13. The van der Waals surface area contributed by atoms with E-state index in [9.17, 15) is 4.39 Å². The van der Waals surface area contributed by atoms with Crippen LogP contribution in [0.4, 0.5) is 10.1 Å². The average molecular weight is 182 g/mol. The van der Waals surface area contributed by atoms with Crippen molar-refractivity contribution in [3.05, 3.63) is 24.1 Å². The number of hydrogen-bond acceptors (Lipinski definition) is 3. The monoisotopic (exact) mass is 182 g/mol. The van der Waals surface area contributed by atoms with E-state index < -0.39 is 0 Å². The van der Waals surface area contributed by atoms with E-state index in [0.29, 0.717) is 10.4 Å². The third-order valence-electron chi connectivity index (χ3n) is 1.73. The van der Waals surface area contributed by atoms with Gasteiger partial charge in [-0.3, -0.25) is 0 Å². The topological polar surface area (TPSA) is 24.9 Å². The first-order valence-corrected chi connectivity index (χ1v) is 4.31. The fourth-order valence-electron chi connectivity index (χ4n) is 1.09. The number of anilines is 1. The summed E-state index contributed by atoms with van der Waals surface area (Å²) in [4.78, 5) is 0. The summed E-state index contributed by atoms with van der Waals surface area (Å²) in [5.41, 5.74) is 0.520. The molecular weight excluding hydrogens is 175 g/mol. The summed E-state index contributed by atoms with van der Waals surface area (Å²) in [6.07, 6.45) is 1.67. The minimum absolute atomic E-state index is 0.211. The Hall–Kier alpha value is -1.16. The Morgan fingerprint density at radius 3 is 3.08 bits per heavy atom. The molecule has 0 aliphatic heterocycles. The average Bonchev–Trinajstić information content (AvgIpc) is 2.53. The Morgan fingerprint density at radius 1 is 1.50 bits per heavy atom. The lowest BCUT2D eigenvalue weighted by atomic mass is 10.2. The summed E-state index contributed by atoms with van der Waals surface area (Å²) in [5.74, 6) is -0.211. The quantitative estimate of drug-likeness (QED) is 0.732. The van der Waals surface area contributed by atoms with E-state index in [0.717, 1.165) is 5.39 Å². The normalized spacial score (nSPS) is 10.5. The second-order valence-electron chi connectivity index (χ2n) is 2.42.